The normalized spacial score (nSPS) is 13.0. The SMILES string of the molecule is CCOCCCNC(=O)c1c(NC(=O)c2ccc(S(=O)(=O)c3ccc(C)cc3)o2)sc2c1CCC2. The van der Waals surface area contributed by atoms with Gasteiger partial charge < -0.3 is 19.8 Å². The summed E-state index contributed by atoms with van der Waals surface area (Å²) in [6.45, 7) is 5.44. The van der Waals surface area contributed by atoms with Crippen molar-refractivity contribution >= 4 is 38.0 Å². The molecule has 1 aliphatic rings. The van der Waals surface area contributed by atoms with E-state index in [0.717, 1.165) is 35.3 Å². The second-order valence-electron chi connectivity index (χ2n) is 8.26. The molecule has 0 fully saturated rings. The lowest BCUT2D eigenvalue weighted by molar-refractivity contribution is 0.0944. The van der Waals surface area contributed by atoms with Gasteiger partial charge in [0.2, 0.25) is 14.9 Å². The monoisotopic (exact) mass is 516 g/mol. The van der Waals surface area contributed by atoms with Crippen LogP contribution in [0.5, 0.6) is 0 Å². The molecule has 2 heterocycles. The van der Waals surface area contributed by atoms with Gasteiger partial charge in [0.05, 0.1) is 10.5 Å². The van der Waals surface area contributed by atoms with Crippen LogP contribution in [0, 0.1) is 6.92 Å². The summed E-state index contributed by atoms with van der Waals surface area (Å²) in [5, 5.41) is 5.81. The van der Waals surface area contributed by atoms with Crippen molar-refractivity contribution in [2.75, 3.05) is 25.1 Å². The summed E-state index contributed by atoms with van der Waals surface area (Å²) in [5.74, 6) is -0.994. The number of anilines is 1. The summed E-state index contributed by atoms with van der Waals surface area (Å²) < 4.78 is 36.5. The molecule has 3 aromatic rings. The molecule has 0 saturated heterocycles. The van der Waals surface area contributed by atoms with Gasteiger partial charge in [-0.1, -0.05) is 17.7 Å². The van der Waals surface area contributed by atoms with Gasteiger partial charge in [-0.15, -0.1) is 11.3 Å². The van der Waals surface area contributed by atoms with Gasteiger partial charge in [-0.25, -0.2) is 8.42 Å². The number of fused-ring (bicyclic) bond motifs is 1. The van der Waals surface area contributed by atoms with Crippen LogP contribution in [0.15, 0.2) is 50.8 Å². The second kappa shape index (κ2) is 10.8. The van der Waals surface area contributed by atoms with E-state index < -0.39 is 15.7 Å². The number of carbonyl (C=O) groups excluding carboxylic acids is 2. The van der Waals surface area contributed by atoms with E-state index in [1.165, 1.54) is 35.6 Å². The van der Waals surface area contributed by atoms with Crippen molar-refractivity contribution in [1.29, 1.82) is 0 Å². The van der Waals surface area contributed by atoms with Gasteiger partial charge in [0.1, 0.15) is 5.00 Å². The Balaban J connectivity index is 1.50. The molecule has 2 N–H and O–H groups in total. The summed E-state index contributed by atoms with van der Waals surface area (Å²) in [5.41, 5.74) is 2.38. The Morgan fingerprint density at radius 3 is 2.60 bits per heavy atom. The Morgan fingerprint density at radius 2 is 1.86 bits per heavy atom. The molecule has 4 rings (SSSR count). The van der Waals surface area contributed by atoms with E-state index in [1.807, 2.05) is 13.8 Å². The smallest absolute Gasteiger partial charge is 0.292 e. The third-order valence-electron chi connectivity index (χ3n) is 5.73. The van der Waals surface area contributed by atoms with Crippen LogP contribution in [-0.2, 0) is 27.4 Å². The zero-order valence-corrected chi connectivity index (χ0v) is 21.3. The Bertz CT molecular complexity index is 1320. The first-order valence-electron chi connectivity index (χ1n) is 11.5. The number of sulfone groups is 1. The van der Waals surface area contributed by atoms with Gasteiger partial charge >= 0.3 is 0 Å². The Morgan fingerprint density at radius 1 is 1.09 bits per heavy atom. The standard InChI is InChI=1S/C25H28N2O6S2/c1-3-32-15-5-14-26-24(29)22-18-6-4-7-20(18)34-25(22)27-23(28)19-12-13-21(33-19)35(30,31)17-10-8-16(2)9-11-17/h8-13H,3-7,14-15H2,1-2H3,(H,26,29)(H,27,28). The molecule has 186 valence electrons. The first-order chi connectivity index (χ1) is 16.8. The molecule has 35 heavy (non-hydrogen) atoms. The lowest BCUT2D eigenvalue weighted by atomic mass is 10.1. The molecule has 2 aromatic heterocycles. The number of rotatable bonds is 10. The number of amides is 2. The van der Waals surface area contributed by atoms with Crippen LogP contribution >= 0.6 is 11.3 Å². The Hall–Kier alpha value is -2.95. The number of carbonyl (C=O) groups is 2. The van der Waals surface area contributed by atoms with Crippen LogP contribution in [0.1, 0.15) is 56.7 Å². The molecule has 0 aliphatic heterocycles. The largest absolute Gasteiger partial charge is 0.439 e. The highest BCUT2D eigenvalue weighted by atomic mass is 32.2. The highest BCUT2D eigenvalue weighted by molar-refractivity contribution is 7.91. The number of ether oxygens (including phenoxy) is 1. The lowest BCUT2D eigenvalue weighted by Crippen LogP contribution is -2.27. The van der Waals surface area contributed by atoms with Crippen LogP contribution in [0.2, 0.25) is 0 Å². The summed E-state index contributed by atoms with van der Waals surface area (Å²) in [4.78, 5) is 27.1. The molecule has 1 aromatic carbocycles. The van der Waals surface area contributed by atoms with Crippen molar-refractivity contribution < 1.29 is 27.2 Å². The van der Waals surface area contributed by atoms with Gasteiger partial charge in [-0.05, 0) is 69.4 Å². The molecule has 0 unspecified atom stereocenters. The summed E-state index contributed by atoms with van der Waals surface area (Å²) >= 11 is 1.38. The van der Waals surface area contributed by atoms with Crippen molar-refractivity contribution in [1.82, 2.24) is 5.32 Å². The van der Waals surface area contributed by atoms with E-state index in [1.54, 1.807) is 12.1 Å². The number of aryl methyl sites for hydroxylation is 2. The second-order valence-corrected chi connectivity index (χ2v) is 11.2. The van der Waals surface area contributed by atoms with E-state index in [0.29, 0.717) is 36.7 Å². The van der Waals surface area contributed by atoms with E-state index in [2.05, 4.69) is 10.6 Å². The topological polar surface area (TPSA) is 115 Å². The molecular weight excluding hydrogens is 488 g/mol. The minimum Gasteiger partial charge on any atom is -0.439 e. The molecule has 0 radical (unpaired) electrons. The molecule has 10 heteroatoms. The molecule has 0 atom stereocenters. The van der Waals surface area contributed by atoms with Crippen LogP contribution < -0.4 is 10.6 Å². The van der Waals surface area contributed by atoms with Crippen molar-refractivity contribution in [2.24, 2.45) is 0 Å². The first-order valence-corrected chi connectivity index (χ1v) is 13.8. The van der Waals surface area contributed by atoms with Crippen molar-refractivity contribution in [3.05, 3.63) is 63.7 Å². The average molecular weight is 517 g/mol. The average Bonchev–Trinajstić information content (AvgIpc) is 3.55. The molecular formula is C25H28N2O6S2. The van der Waals surface area contributed by atoms with Crippen molar-refractivity contribution in [3.8, 4) is 0 Å². The molecule has 0 saturated carbocycles. The Labute approximate surface area is 208 Å². The fourth-order valence-corrected chi connectivity index (χ4v) is 6.38. The number of furan rings is 1. The van der Waals surface area contributed by atoms with E-state index in [9.17, 15) is 18.0 Å². The molecule has 0 bridgehead atoms. The maximum absolute atomic E-state index is 13.0. The summed E-state index contributed by atoms with van der Waals surface area (Å²) in [7, 11) is -3.90. The first kappa shape index (κ1) is 25.2. The number of hydrogen-bond donors (Lipinski definition) is 2. The van der Waals surface area contributed by atoms with Crippen LogP contribution in [0.3, 0.4) is 0 Å². The summed E-state index contributed by atoms with van der Waals surface area (Å²) in [6.07, 6.45) is 3.31. The van der Waals surface area contributed by atoms with Crippen LogP contribution in [0.4, 0.5) is 5.00 Å². The lowest BCUT2D eigenvalue weighted by Gasteiger charge is -2.09. The van der Waals surface area contributed by atoms with Gasteiger partial charge in [0.25, 0.3) is 11.8 Å². The highest BCUT2D eigenvalue weighted by Gasteiger charge is 2.29. The third-order valence-corrected chi connectivity index (χ3v) is 8.58. The van der Waals surface area contributed by atoms with E-state index in [4.69, 9.17) is 9.15 Å². The quantitative estimate of drug-likeness (QED) is 0.387. The maximum Gasteiger partial charge on any atom is 0.292 e. The predicted molar refractivity (Wildman–Crippen MR) is 133 cm³/mol. The number of hydrogen-bond acceptors (Lipinski definition) is 7. The minimum atomic E-state index is -3.90. The van der Waals surface area contributed by atoms with Gasteiger partial charge in [-0.3, -0.25) is 9.59 Å². The van der Waals surface area contributed by atoms with Gasteiger partial charge in [0, 0.05) is 24.6 Å². The number of nitrogens with one attached hydrogen (secondary N) is 2. The minimum absolute atomic E-state index is 0.0855. The molecule has 1 aliphatic carbocycles. The maximum atomic E-state index is 13.0. The summed E-state index contributed by atoms with van der Waals surface area (Å²) in [6, 6.07) is 8.99. The number of benzene rings is 1. The third kappa shape index (κ3) is 5.50. The molecule has 0 spiro atoms. The molecule has 8 nitrogen and oxygen atoms in total. The van der Waals surface area contributed by atoms with Crippen LogP contribution in [-0.4, -0.2) is 40.0 Å². The number of thiophene rings is 1. The highest BCUT2D eigenvalue weighted by Crippen LogP contribution is 2.39. The Kier molecular flexibility index (Phi) is 7.73. The zero-order chi connectivity index (χ0) is 25.0. The fraction of sp³-hybridized carbons (Fsp3) is 0.360. The van der Waals surface area contributed by atoms with E-state index >= 15 is 0 Å². The van der Waals surface area contributed by atoms with Gasteiger partial charge in [0.15, 0.2) is 5.76 Å². The molecule has 2 amide bonds. The van der Waals surface area contributed by atoms with Crippen molar-refractivity contribution in [2.45, 2.75) is 49.5 Å². The van der Waals surface area contributed by atoms with E-state index in [-0.39, 0.29) is 21.7 Å². The van der Waals surface area contributed by atoms with Gasteiger partial charge in [-0.2, -0.15) is 0 Å². The van der Waals surface area contributed by atoms with Crippen LogP contribution in [0.25, 0.3) is 0 Å². The predicted octanol–water partition coefficient (Wildman–Crippen LogP) is 4.38. The van der Waals surface area contributed by atoms with Crippen molar-refractivity contribution in [3.63, 3.8) is 0 Å². The zero-order valence-electron chi connectivity index (χ0n) is 19.7. The fourth-order valence-electron chi connectivity index (χ4n) is 3.93.